The Balaban J connectivity index is 1.45. The maximum Gasteiger partial charge on any atom is 0.228 e. The molecule has 1 amide bonds. The Bertz CT molecular complexity index is 821. The molecule has 0 aliphatic carbocycles. The molecule has 0 spiro atoms. The Morgan fingerprint density at radius 3 is 3.09 bits per heavy atom. The van der Waals surface area contributed by atoms with Gasteiger partial charge in [0.2, 0.25) is 5.91 Å². The first-order chi connectivity index (χ1) is 11.1. The van der Waals surface area contributed by atoms with Crippen molar-refractivity contribution < 1.29 is 9.21 Å². The quantitative estimate of drug-likeness (QED) is 0.794. The topological polar surface area (TPSA) is 76.8 Å². The van der Waals surface area contributed by atoms with E-state index in [9.17, 15) is 4.79 Å². The highest BCUT2D eigenvalue weighted by atomic mass is 32.1. The average Bonchev–Trinajstić information content (AvgIpc) is 3.22. The number of carbonyl (C=O) groups excluding carboxylic acids is 1. The normalized spacial score (nSPS) is 21.4. The van der Waals surface area contributed by atoms with Crippen LogP contribution >= 0.6 is 11.3 Å². The number of aryl methyl sites for hydroxylation is 1. The number of carbonyl (C=O) groups is 1. The molecule has 0 aromatic carbocycles. The molecule has 2 atom stereocenters. The molecule has 1 aliphatic heterocycles. The smallest absolute Gasteiger partial charge is 0.228 e. The number of furan rings is 1. The van der Waals surface area contributed by atoms with E-state index < -0.39 is 0 Å². The average molecular weight is 330 g/mol. The maximum absolute atomic E-state index is 12.5. The Morgan fingerprint density at radius 1 is 1.48 bits per heavy atom. The van der Waals surface area contributed by atoms with Gasteiger partial charge in [-0.2, -0.15) is 0 Å². The molecule has 6 nitrogen and oxygen atoms in total. The third kappa shape index (κ3) is 2.66. The van der Waals surface area contributed by atoms with Gasteiger partial charge in [0.1, 0.15) is 11.5 Å². The fraction of sp³-hybridized carbons (Fsp3) is 0.375. The van der Waals surface area contributed by atoms with Crippen LogP contribution in [0.2, 0.25) is 0 Å². The molecule has 1 fully saturated rings. The monoisotopic (exact) mass is 330 g/mol. The number of fused-ring (bicyclic) bond motifs is 1. The standard InChI is InChI=1S/C16H18N4O2S/c1-10-2-3-14(22-10)12-8-20(9-13(12)17)15(21)6-11-7-19-4-5-23-16(19)18-11/h2-5,7,12-13H,6,8-9,17H2,1H3/t12-,13-/m0/s1. The molecule has 4 rings (SSSR count). The minimum Gasteiger partial charge on any atom is -0.466 e. The lowest BCUT2D eigenvalue weighted by Crippen LogP contribution is -2.33. The number of hydrogen-bond donors (Lipinski definition) is 1. The van der Waals surface area contributed by atoms with Crippen molar-refractivity contribution >= 4 is 22.2 Å². The number of imidazole rings is 1. The SMILES string of the molecule is Cc1ccc([C@H]2CN(C(=O)Cc3cn4ccsc4n3)C[C@@H]2N)o1. The van der Waals surface area contributed by atoms with Gasteiger partial charge in [0.15, 0.2) is 4.96 Å². The van der Waals surface area contributed by atoms with E-state index in [1.165, 1.54) is 0 Å². The van der Waals surface area contributed by atoms with E-state index in [-0.39, 0.29) is 17.9 Å². The third-order valence-electron chi connectivity index (χ3n) is 4.32. The molecular weight excluding hydrogens is 312 g/mol. The van der Waals surface area contributed by atoms with E-state index in [2.05, 4.69) is 4.98 Å². The van der Waals surface area contributed by atoms with Gasteiger partial charge in [0.25, 0.3) is 0 Å². The zero-order chi connectivity index (χ0) is 16.0. The highest BCUT2D eigenvalue weighted by Crippen LogP contribution is 2.28. The number of aromatic nitrogens is 2. The van der Waals surface area contributed by atoms with Crippen molar-refractivity contribution in [1.82, 2.24) is 14.3 Å². The van der Waals surface area contributed by atoms with Gasteiger partial charge >= 0.3 is 0 Å². The van der Waals surface area contributed by atoms with Crippen molar-refractivity contribution in [2.24, 2.45) is 5.73 Å². The number of amides is 1. The largest absolute Gasteiger partial charge is 0.466 e. The molecule has 0 bridgehead atoms. The van der Waals surface area contributed by atoms with Crippen molar-refractivity contribution in [3.63, 3.8) is 0 Å². The predicted molar refractivity (Wildman–Crippen MR) is 87.5 cm³/mol. The molecule has 1 saturated heterocycles. The first-order valence-electron chi connectivity index (χ1n) is 7.61. The second kappa shape index (κ2) is 5.50. The van der Waals surface area contributed by atoms with Crippen molar-refractivity contribution in [2.75, 3.05) is 13.1 Å². The van der Waals surface area contributed by atoms with Crippen LogP contribution in [0.25, 0.3) is 4.96 Å². The number of thiazole rings is 1. The maximum atomic E-state index is 12.5. The fourth-order valence-corrected chi connectivity index (χ4v) is 3.83. The number of rotatable bonds is 3. The van der Waals surface area contributed by atoms with E-state index in [1.54, 1.807) is 11.3 Å². The molecule has 7 heteroatoms. The van der Waals surface area contributed by atoms with Crippen LogP contribution in [0.15, 0.2) is 34.3 Å². The number of hydrogen-bond acceptors (Lipinski definition) is 5. The molecule has 1 aliphatic rings. The zero-order valence-electron chi connectivity index (χ0n) is 12.8. The van der Waals surface area contributed by atoms with Crippen LogP contribution in [-0.2, 0) is 11.2 Å². The summed E-state index contributed by atoms with van der Waals surface area (Å²) < 4.78 is 7.62. The molecule has 0 unspecified atom stereocenters. The van der Waals surface area contributed by atoms with Crippen LogP contribution in [0.3, 0.4) is 0 Å². The molecule has 4 heterocycles. The second-order valence-corrected chi connectivity index (χ2v) is 6.89. The number of nitrogens with zero attached hydrogens (tertiary/aromatic N) is 3. The molecule has 0 radical (unpaired) electrons. The lowest BCUT2D eigenvalue weighted by molar-refractivity contribution is -0.129. The lowest BCUT2D eigenvalue weighted by atomic mass is 10.0. The summed E-state index contributed by atoms with van der Waals surface area (Å²) >= 11 is 1.56. The number of likely N-dealkylation sites (tertiary alicyclic amines) is 1. The molecular formula is C16H18N4O2S. The van der Waals surface area contributed by atoms with Crippen LogP contribution in [0, 0.1) is 6.92 Å². The van der Waals surface area contributed by atoms with Gasteiger partial charge in [0.05, 0.1) is 18.0 Å². The number of nitrogens with two attached hydrogens (primary N) is 1. The summed E-state index contributed by atoms with van der Waals surface area (Å²) in [5.74, 6) is 1.87. The summed E-state index contributed by atoms with van der Waals surface area (Å²) in [6.07, 6.45) is 4.17. The first kappa shape index (κ1) is 14.5. The fourth-order valence-electron chi connectivity index (χ4n) is 3.11. The van der Waals surface area contributed by atoms with Crippen molar-refractivity contribution in [2.45, 2.75) is 25.3 Å². The summed E-state index contributed by atoms with van der Waals surface area (Å²) in [5.41, 5.74) is 7.01. The Morgan fingerprint density at radius 2 is 2.35 bits per heavy atom. The van der Waals surface area contributed by atoms with Crippen LogP contribution in [0.5, 0.6) is 0 Å². The van der Waals surface area contributed by atoms with Gasteiger partial charge in [-0.25, -0.2) is 4.98 Å². The molecule has 0 saturated carbocycles. The molecule has 3 aromatic rings. The second-order valence-electron chi connectivity index (χ2n) is 6.02. The van der Waals surface area contributed by atoms with Gasteiger partial charge in [-0.3, -0.25) is 9.20 Å². The summed E-state index contributed by atoms with van der Waals surface area (Å²) in [5, 5.41) is 1.98. The molecule has 23 heavy (non-hydrogen) atoms. The van der Waals surface area contributed by atoms with Gasteiger partial charge in [-0.15, -0.1) is 11.3 Å². The van der Waals surface area contributed by atoms with Crippen molar-refractivity contribution in [3.05, 3.63) is 47.1 Å². The van der Waals surface area contributed by atoms with Crippen LogP contribution in [-0.4, -0.2) is 39.3 Å². The molecule has 2 N–H and O–H groups in total. The highest BCUT2D eigenvalue weighted by molar-refractivity contribution is 7.15. The van der Waals surface area contributed by atoms with Crippen LogP contribution < -0.4 is 5.73 Å². The van der Waals surface area contributed by atoms with E-state index >= 15 is 0 Å². The van der Waals surface area contributed by atoms with Gasteiger partial charge in [0, 0.05) is 36.9 Å². The minimum absolute atomic E-state index is 0.0666. The van der Waals surface area contributed by atoms with E-state index in [0.717, 1.165) is 22.2 Å². The zero-order valence-corrected chi connectivity index (χ0v) is 13.6. The van der Waals surface area contributed by atoms with Crippen LogP contribution in [0.4, 0.5) is 0 Å². The summed E-state index contributed by atoms with van der Waals surface area (Å²) in [6.45, 7) is 3.08. The Hall–Kier alpha value is -2.12. The summed E-state index contributed by atoms with van der Waals surface area (Å²) in [7, 11) is 0. The molecule has 3 aromatic heterocycles. The predicted octanol–water partition coefficient (Wildman–Crippen LogP) is 1.79. The Labute approximate surface area is 137 Å². The minimum atomic E-state index is -0.0880. The van der Waals surface area contributed by atoms with Gasteiger partial charge in [-0.05, 0) is 19.1 Å². The van der Waals surface area contributed by atoms with E-state index in [0.29, 0.717) is 19.5 Å². The Kier molecular flexibility index (Phi) is 3.46. The van der Waals surface area contributed by atoms with Crippen molar-refractivity contribution in [1.29, 1.82) is 0 Å². The summed E-state index contributed by atoms with van der Waals surface area (Å²) in [4.78, 5) is 19.7. The van der Waals surface area contributed by atoms with Gasteiger partial charge in [-0.1, -0.05) is 0 Å². The lowest BCUT2D eigenvalue weighted by Gasteiger charge is -2.15. The van der Waals surface area contributed by atoms with Gasteiger partial charge < -0.3 is 15.1 Å². The van der Waals surface area contributed by atoms with E-state index in [1.807, 2.05) is 46.1 Å². The van der Waals surface area contributed by atoms with Crippen LogP contribution in [0.1, 0.15) is 23.1 Å². The first-order valence-corrected chi connectivity index (χ1v) is 8.49. The third-order valence-corrected chi connectivity index (χ3v) is 5.09. The summed E-state index contributed by atoms with van der Waals surface area (Å²) in [6, 6.07) is 3.80. The van der Waals surface area contributed by atoms with Crippen molar-refractivity contribution in [3.8, 4) is 0 Å². The highest BCUT2D eigenvalue weighted by Gasteiger charge is 2.35. The molecule has 120 valence electrons. The van der Waals surface area contributed by atoms with E-state index in [4.69, 9.17) is 10.2 Å².